The quantitative estimate of drug-likeness (QED) is 0.840. The molecule has 0 bridgehead atoms. The van der Waals surface area contributed by atoms with Crippen molar-refractivity contribution < 1.29 is 0 Å². The van der Waals surface area contributed by atoms with E-state index in [0.717, 1.165) is 11.1 Å². The van der Waals surface area contributed by atoms with Gasteiger partial charge in [-0.3, -0.25) is 0 Å². The van der Waals surface area contributed by atoms with Gasteiger partial charge < -0.3 is 10.6 Å². The minimum absolute atomic E-state index is 0.00245. The predicted octanol–water partition coefficient (Wildman–Crippen LogP) is 2.85. The molecule has 19 heavy (non-hydrogen) atoms. The molecule has 1 aliphatic rings. The first-order valence-corrected chi connectivity index (χ1v) is 6.18. The van der Waals surface area contributed by atoms with Crippen molar-refractivity contribution in [2.45, 2.75) is 19.1 Å². The molecule has 96 valence electrons. The van der Waals surface area contributed by atoms with Crippen LogP contribution in [0.25, 0.3) is 0 Å². The molecule has 3 heteroatoms. The van der Waals surface area contributed by atoms with Crippen LogP contribution in [-0.4, -0.2) is 11.1 Å². The fourth-order valence-electron chi connectivity index (χ4n) is 2.16. The molecule has 2 atom stereocenters. The lowest BCUT2D eigenvalue weighted by Crippen LogP contribution is -2.40. The summed E-state index contributed by atoms with van der Waals surface area (Å²) in [6, 6.07) is 9.64. The summed E-state index contributed by atoms with van der Waals surface area (Å²) in [7, 11) is 0. The summed E-state index contributed by atoms with van der Waals surface area (Å²) in [6.07, 6.45) is 7.72. The lowest BCUT2D eigenvalue weighted by Gasteiger charge is -2.35. The number of nitrogens with zero attached hydrogens (tertiary/aromatic N) is 2. The Morgan fingerprint density at radius 3 is 2.68 bits per heavy atom. The van der Waals surface area contributed by atoms with E-state index in [9.17, 15) is 0 Å². The van der Waals surface area contributed by atoms with Crippen LogP contribution in [0, 0.1) is 11.3 Å². The lowest BCUT2D eigenvalue weighted by molar-refractivity contribution is 0.273. The molecular formula is C16H17N3. The van der Waals surface area contributed by atoms with Gasteiger partial charge in [-0.2, -0.15) is 5.26 Å². The van der Waals surface area contributed by atoms with E-state index in [1.54, 1.807) is 0 Å². The van der Waals surface area contributed by atoms with Crippen LogP contribution in [0.3, 0.4) is 0 Å². The highest BCUT2D eigenvalue weighted by molar-refractivity contribution is 5.35. The van der Waals surface area contributed by atoms with E-state index < -0.39 is 0 Å². The summed E-state index contributed by atoms with van der Waals surface area (Å²) in [4.78, 5) is 2.06. The number of allylic oxidation sites excluding steroid dienone is 2. The molecule has 1 aromatic carbocycles. The van der Waals surface area contributed by atoms with Crippen LogP contribution in [0.4, 0.5) is 0 Å². The third-order valence-electron chi connectivity index (χ3n) is 3.18. The number of nitrogens with two attached hydrogens (primary N) is 1. The molecule has 2 rings (SSSR count). The van der Waals surface area contributed by atoms with Crippen molar-refractivity contribution in [3.8, 4) is 6.07 Å². The first-order valence-electron chi connectivity index (χ1n) is 6.18. The highest BCUT2D eigenvalue weighted by Crippen LogP contribution is 2.26. The maximum absolute atomic E-state index is 8.83. The molecule has 0 saturated heterocycles. The van der Waals surface area contributed by atoms with Gasteiger partial charge in [-0.05, 0) is 36.3 Å². The number of nitriles is 1. The Hall–Kier alpha value is -2.31. The summed E-state index contributed by atoms with van der Waals surface area (Å²) in [5, 5.41) is 8.83. The monoisotopic (exact) mass is 251 g/mol. The summed E-state index contributed by atoms with van der Waals surface area (Å²) in [5.41, 5.74) is 8.99. The summed E-state index contributed by atoms with van der Waals surface area (Å²) in [6.45, 7) is 5.94. The van der Waals surface area contributed by atoms with Gasteiger partial charge in [0, 0.05) is 6.20 Å². The Morgan fingerprint density at radius 1 is 1.42 bits per heavy atom. The number of hydrogen-bond acceptors (Lipinski definition) is 3. The highest BCUT2D eigenvalue weighted by Gasteiger charge is 2.20. The number of benzene rings is 1. The van der Waals surface area contributed by atoms with Crippen molar-refractivity contribution >= 4 is 0 Å². The van der Waals surface area contributed by atoms with E-state index in [0.29, 0.717) is 5.56 Å². The Balaban J connectivity index is 2.31. The van der Waals surface area contributed by atoms with Crippen molar-refractivity contribution in [1.82, 2.24) is 4.90 Å². The highest BCUT2D eigenvalue weighted by atomic mass is 15.2. The second-order valence-electron chi connectivity index (χ2n) is 4.58. The second kappa shape index (κ2) is 5.55. The molecule has 1 aliphatic heterocycles. The van der Waals surface area contributed by atoms with Gasteiger partial charge in [-0.1, -0.05) is 24.3 Å². The van der Waals surface area contributed by atoms with E-state index in [2.05, 4.69) is 17.5 Å². The smallest absolute Gasteiger partial charge is 0.0991 e. The summed E-state index contributed by atoms with van der Waals surface area (Å²) in [5.74, 6) is 0. The van der Waals surface area contributed by atoms with Gasteiger partial charge >= 0.3 is 0 Å². The van der Waals surface area contributed by atoms with Crippen molar-refractivity contribution in [2.75, 3.05) is 0 Å². The van der Waals surface area contributed by atoms with Crippen LogP contribution in [0.15, 0.2) is 60.8 Å². The van der Waals surface area contributed by atoms with Crippen LogP contribution in [-0.2, 0) is 0 Å². The van der Waals surface area contributed by atoms with Gasteiger partial charge in [0.15, 0.2) is 0 Å². The maximum Gasteiger partial charge on any atom is 0.0991 e. The fraction of sp³-hybridized carbons (Fsp3) is 0.188. The number of rotatable bonds is 3. The molecule has 1 heterocycles. The summed E-state index contributed by atoms with van der Waals surface area (Å²) >= 11 is 0. The third-order valence-corrected chi connectivity index (χ3v) is 3.18. The Labute approximate surface area is 113 Å². The molecule has 0 saturated carbocycles. The maximum atomic E-state index is 8.83. The average Bonchev–Trinajstić information content (AvgIpc) is 2.44. The topological polar surface area (TPSA) is 53.0 Å². The van der Waals surface area contributed by atoms with Crippen LogP contribution in [0.5, 0.6) is 0 Å². The van der Waals surface area contributed by atoms with Gasteiger partial charge in [0.1, 0.15) is 0 Å². The van der Waals surface area contributed by atoms with Crippen molar-refractivity contribution in [3.05, 3.63) is 72.0 Å². The van der Waals surface area contributed by atoms with Crippen molar-refractivity contribution in [2.24, 2.45) is 5.73 Å². The third kappa shape index (κ3) is 2.75. The van der Waals surface area contributed by atoms with Gasteiger partial charge in [0.05, 0.1) is 23.8 Å². The zero-order valence-corrected chi connectivity index (χ0v) is 11.0. The second-order valence-corrected chi connectivity index (χ2v) is 4.58. The van der Waals surface area contributed by atoms with Crippen LogP contribution >= 0.6 is 0 Å². The first-order chi connectivity index (χ1) is 9.15. The van der Waals surface area contributed by atoms with E-state index in [1.807, 2.05) is 55.6 Å². The van der Waals surface area contributed by atoms with Crippen LogP contribution in [0.1, 0.15) is 24.1 Å². The minimum Gasteiger partial charge on any atom is -0.348 e. The molecular weight excluding hydrogens is 234 g/mol. The van der Waals surface area contributed by atoms with Gasteiger partial charge in [0.25, 0.3) is 0 Å². The molecule has 0 radical (unpaired) electrons. The van der Waals surface area contributed by atoms with Crippen LogP contribution < -0.4 is 5.73 Å². The van der Waals surface area contributed by atoms with E-state index >= 15 is 0 Å². The molecule has 2 unspecified atom stereocenters. The SMILES string of the molecule is C=CC(c1ccc(C#N)cc1)N1C=C(C)C=CC1N. The predicted molar refractivity (Wildman–Crippen MR) is 76.8 cm³/mol. The molecule has 0 aliphatic carbocycles. The lowest BCUT2D eigenvalue weighted by atomic mass is 10.0. The summed E-state index contributed by atoms with van der Waals surface area (Å²) < 4.78 is 0. The fourth-order valence-corrected chi connectivity index (χ4v) is 2.16. The normalized spacial score (nSPS) is 19.5. The molecule has 2 N–H and O–H groups in total. The molecule has 0 aromatic heterocycles. The largest absolute Gasteiger partial charge is 0.348 e. The van der Waals surface area contributed by atoms with E-state index in [-0.39, 0.29) is 12.2 Å². The van der Waals surface area contributed by atoms with E-state index in [4.69, 9.17) is 11.0 Å². The Kier molecular flexibility index (Phi) is 3.84. The van der Waals surface area contributed by atoms with Crippen molar-refractivity contribution in [1.29, 1.82) is 5.26 Å². The first kappa shape index (κ1) is 13.1. The Morgan fingerprint density at radius 2 is 2.11 bits per heavy atom. The van der Waals surface area contributed by atoms with Gasteiger partial charge in [0.2, 0.25) is 0 Å². The van der Waals surface area contributed by atoms with Crippen molar-refractivity contribution in [3.63, 3.8) is 0 Å². The molecule has 0 spiro atoms. The molecule has 3 nitrogen and oxygen atoms in total. The molecule has 0 amide bonds. The zero-order valence-electron chi connectivity index (χ0n) is 11.0. The molecule has 0 fully saturated rings. The average molecular weight is 251 g/mol. The Bertz CT molecular complexity index is 561. The minimum atomic E-state index is -0.164. The zero-order chi connectivity index (χ0) is 13.8. The van der Waals surface area contributed by atoms with Gasteiger partial charge in [-0.15, -0.1) is 6.58 Å². The molecule has 1 aromatic rings. The number of hydrogen-bond donors (Lipinski definition) is 1. The van der Waals surface area contributed by atoms with Gasteiger partial charge in [-0.25, -0.2) is 0 Å². The van der Waals surface area contributed by atoms with Crippen LogP contribution in [0.2, 0.25) is 0 Å². The standard InChI is InChI=1S/C16H17N3/c1-3-15(14-7-5-13(10-17)6-8-14)19-11-12(2)4-9-16(19)18/h3-9,11,15-16H,1,18H2,2H3. The van der Waals surface area contributed by atoms with E-state index in [1.165, 1.54) is 0 Å².